The summed E-state index contributed by atoms with van der Waals surface area (Å²) in [7, 11) is 0. The molecule has 0 saturated carbocycles. The molecular weight excluding hydrogens is 545 g/mol. The molecule has 0 unspecified atom stereocenters. The molecule has 0 aliphatic carbocycles. The zero-order valence-electron chi connectivity index (χ0n) is 12.8. The molecule has 0 atom stereocenters. The minimum Gasteiger partial charge on any atom is -0.462 e. The molecule has 0 saturated heterocycles. The first-order chi connectivity index (χ1) is 12.1. The van der Waals surface area contributed by atoms with E-state index in [0.717, 1.165) is 17.8 Å². The zero-order valence-corrected chi connectivity index (χ0v) is 18.1. The van der Waals surface area contributed by atoms with Crippen LogP contribution in [0.4, 0.5) is 8.78 Å². The molecule has 0 bridgehead atoms. The van der Waals surface area contributed by atoms with Crippen LogP contribution in [-0.4, -0.2) is 17.6 Å². The van der Waals surface area contributed by atoms with Crippen molar-refractivity contribution < 1.29 is 18.3 Å². The number of hydrogen-bond donors (Lipinski definition) is 1. The number of aromatic nitrogens is 1. The van der Waals surface area contributed by atoms with Gasteiger partial charge in [0.25, 0.3) is 5.56 Å². The van der Waals surface area contributed by atoms with E-state index in [4.69, 9.17) is 39.5 Å². The quantitative estimate of drug-likeness (QED) is 0.216. The first-order valence-electron chi connectivity index (χ1n) is 6.89. The van der Waals surface area contributed by atoms with Crippen molar-refractivity contribution in [1.29, 1.82) is 0 Å². The Morgan fingerprint density at radius 2 is 2.04 bits per heavy atom. The summed E-state index contributed by atoms with van der Waals surface area (Å²) in [5.74, 6) is -0.960. The monoisotopic (exact) mass is 553 g/mol. The number of pyridine rings is 1. The highest BCUT2D eigenvalue weighted by atomic mass is 127. The van der Waals surface area contributed by atoms with Gasteiger partial charge in [0.1, 0.15) is 11.3 Å². The second kappa shape index (κ2) is 8.64. The number of rotatable bonds is 5. The largest absolute Gasteiger partial charge is 0.462 e. The molecule has 140 valence electrons. The van der Waals surface area contributed by atoms with E-state index < -0.39 is 28.2 Å². The molecule has 1 heterocycles. The molecule has 0 fully saturated rings. The number of alkyl halides is 3. The molecule has 2 aromatic rings. The minimum atomic E-state index is -3.83. The van der Waals surface area contributed by atoms with E-state index in [-0.39, 0.29) is 21.5 Å². The fraction of sp³-hybridized carbons (Fsp3) is 0.200. The summed E-state index contributed by atoms with van der Waals surface area (Å²) >= 11 is 20.1. The van der Waals surface area contributed by atoms with Crippen LogP contribution in [0.25, 0.3) is 0 Å². The van der Waals surface area contributed by atoms with Gasteiger partial charge in [-0.1, -0.05) is 35.0 Å². The van der Waals surface area contributed by atoms with Crippen LogP contribution in [0.5, 0.6) is 0 Å². The van der Waals surface area contributed by atoms with Crippen LogP contribution in [-0.2, 0) is 10.1 Å². The lowest BCUT2D eigenvalue weighted by Gasteiger charge is -2.14. The number of benzene rings is 1. The molecule has 11 heteroatoms. The Hall–Kier alpha value is -0.550. The maximum absolute atomic E-state index is 13.5. The van der Waals surface area contributed by atoms with Crippen LogP contribution >= 0.6 is 69.2 Å². The van der Waals surface area contributed by atoms with Gasteiger partial charge in [-0.05, 0) is 59.3 Å². The van der Waals surface area contributed by atoms with Gasteiger partial charge in [0.05, 0.1) is 21.5 Å². The Morgan fingerprint density at radius 3 is 2.62 bits per heavy atom. The summed E-state index contributed by atoms with van der Waals surface area (Å²) in [5, 5.41) is -3.34. The lowest BCUT2D eigenvalue weighted by molar-refractivity contribution is 0.0517. The fourth-order valence-electron chi connectivity index (χ4n) is 1.88. The van der Waals surface area contributed by atoms with Crippen LogP contribution in [0.1, 0.15) is 23.0 Å². The van der Waals surface area contributed by atoms with Gasteiger partial charge in [-0.2, -0.15) is 8.78 Å². The van der Waals surface area contributed by atoms with E-state index in [1.54, 1.807) is 19.1 Å². The van der Waals surface area contributed by atoms with E-state index in [9.17, 15) is 18.4 Å². The standard InChI is InChI=1S/C15H9Cl3F2INO3S/c1-2-25-14(24)10-8(5-9(15(18,19)20)22-13(10)23)26-12-6(16)3-4-7(21)11(12)17/h3-5H,2H2,1H3,(H,22,23). The molecule has 0 amide bonds. The Kier molecular flexibility index (Phi) is 7.23. The Bertz CT molecular complexity index is 918. The summed E-state index contributed by atoms with van der Waals surface area (Å²) in [6.07, 6.45) is 0. The molecule has 0 spiro atoms. The number of hydrogen-bond acceptors (Lipinski definition) is 4. The lowest BCUT2D eigenvalue weighted by Crippen LogP contribution is -2.24. The summed E-state index contributed by atoms with van der Waals surface area (Å²) in [6.45, 7) is 1.55. The second-order valence-electron chi connectivity index (χ2n) is 4.74. The van der Waals surface area contributed by atoms with Crippen LogP contribution in [0, 0.1) is 3.57 Å². The molecular formula is C15H9Cl3F2INO3S. The van der Waals surface area contributed by atoms with Gasteiger partial charge in [-0.25, -0.2) is 4.79 Å². The van der Waals surface area contributed by atoms with Crippen molar-refractivity contribution in [3.63, 3.8) is 0 Å². The third kappa shape index (κ3) is 4.83. The maximum Gasteiger partial charge on any atom is 0.362 e. The highest BCUT2D eigenvalue weighted by Crippen LogP contribution is 2.42. The summed E-state index contributed by atoms with van der Waals surface area (Å²) in [4.78, 5) is 26.5. The zero-order chi connectivity index (χ0) is 19.6. The van der Waals surface area contributed by atoms with Gasteiger partial charge in [-0.15, -0.1) is 0 Å². The van der Waals surface area contributed by atoms with Crippen molar-refractivity contribution in [3.05, 3.63) is 53.4 Å². The maximum atomic E-state index is 13.5. The summed E-state index contributed by atoms with van der Waals surface area (Å²) in [5.41, 5.74) is -2.35. The van der Waals surface area contributed by atoms with E-state index in [0.29, 0.717) is 8.47 Å². The molecule has 26 heavy (non-hydrogen) atoms. The van der Waals surface area contributed by atoms with Crippen molar-refractivity contribution in [1.82, 2.24) is 4.98 Å². The van der Waals surface area contributed by atoms with Gasteiger partial charge in [-0.3, -0.25) is 4.79 Å². The molecule has 0 aliphatic rings. The van der Waals surface area contributed by atoms with Gasteiger partial charge >= 0.3 is 11.4 Å². The van der Waals surface area contributed by atoms with Crippen LogP contribution in [0.2, 0.25) is 10.0 Å². The van der Waals surface area contributed by atoms with Crippen molar-refractivity contribution in [2.24, 2.45) is 0 Å². The molecule has 2 rings (SSSR count). The Labute approximate surface area is 179 Å². The van der Waals surface area contributed by atoms with Crippen molar-refractivity contribution in [3.8, 4) is 0 Å². The van der Waals surface area contributed by atoms with Gasteiger partial charge in [0.15, 0.2) is 0 Å². The highest BCUT2D eigenvalue weighted by molar-refractivity contribution is 14.1. The number of halogens is 6. The number of ether oxygens (including phenoxy) is 1. The van der Waals surface area contributed by atoms with Gasteiger partial charge in [0, 0.05) is 8.47 Å². The molecule has 1 aromatic heterocycles. The second-order valence-corrected chi connectivity index (χ2v) is 8.22. The van der Waals surface area contributed by atoms with E-state index >= 15 is 0 Å². The number of carbonyl (C=O) groups is 1. The first-order valence-corrected chi connectivity index (χ1v) is 9.92. The number of esters is 1. The molecule has 1 aromatic carbocycles. The van der Waals surface area contributed by atoms with E-state index in [1.807, 2.05) is 27.6 Å². The predicted octanol–water partition coefficient (Wildman–Crippen LogP) is 5.90. The van der Waals surface area contributed by atoms with Crippen LogP contribution in [0.15, 0.2) is 32.8 Å². The van der Waals surface area contributed by atoms with Gasteiger partial charge < -0.3 is 9.72 Å². The van der Waals surface area contributed by atoms with Crippen LogP contribution in [0.3, 0.4) is 0 Å². The average molecular weight is 555 g/mol. The third-order valence-corrected chi connectivity index (χ3v) is 6.52. The molecule has 4 nitrogen and oxygen atoms in total. The predicted molar refractivity (Wildman–Crippen MR) is 106 cm³/mol. The van der Waals surface area contributed by atoms with Crippen molar-refractivity contribution in [2.75, 3.05) is 6.61 Å². The summed E-state index contributed by atoms with van der Waals surface area (Å²) < 4.78 is 32.4. The number of H-pyrrole nitrogens is 1. The molecule has 0 aliphatic heterocycles. The number of aromatic amines is 1. The Morgan fingerprint density at radius 1 is 1.38 bits per heavy atom. The average Bonchev–Trinajstić information content (AvgIpc) is 2.54. The molecule has 0 radical (unpaired) electrons. The topological polar surface area (TPSA) is 59.2 Å². The summed E-state index contributed by atoms with van der Waals surface area (Å²) in [6, 6.07) is 4.13. The smallest absolute Gasteiger partial charge is 0.362 e. The van der Waals surface area contributed by atoms with Gasteiger partial charge in [0.2, 0.25) is 0 Å². The van der Waals surface area contributed by atoms with E-state index in [1.165, 1.54) is 0 Å². The minimum absolute atomic E-state index is 0.000541. The third-order valence-electron chi connectivity index (χ3n) is 3.00. The van der Waals surface area contributed by atoms with Crippen LogP contribution < -0.4 is 5.56 Å². The van der Waals surface area contributed by atoms with Crippen molar-refractivity contribution in [2.45, 2.75) is 22.1 Å². The SMILES string of the molecule is CCOC(=O)c1c(Sc2c(Cl)ccc(I)c2Cl)cc(C(F)(F)Cl)[nH]c1=O. The number of carbonyl (C=O) groups excluding carboxylic acids is 1. The highest BCUT2D eigenvalue weighted by Gasteiger charge is 2.32. The fourth-order valence-corrected chi connectivity index (χ4v) is 4.25. The first kappa shape index (κ1) is 21.7. The Balaban J connectivity index is 2.69. The van der Waals surface area contributed by atoms with Crippen molar-refractivity contribution >= 4 is 75.1 Å². The molecule has 1 N–H and O–H groups in total. The van der Waals surface area contributed by atoms with E-state index in [2.05, 4.69) is 0 Å². The lowest BCUT2D eigenvalue weighted by atomic mass is 10.2. The normalized spacial score (nSPS) is 11.5. The number of nitrogens with one attached hydrogen (secondary N) is 1.